The van der Waals surface area contributed by atoms with Gasteiger partial charge in [0.1, 0.15) is 5.54 Å². The molecule has 1 saturated carbocycles. The largest absolute Gasteiger partial charge is 0.353 e. The summed E-state index contributed by atoms with van der Waals surface area (Å²) in [5.41, 5.74) is -0.686. The number of nitrogens with one attached hydrogen (secondary N) is 2. The van der Waals surface area contributed by atoms with Gasteiger partial charge in [-0.15, -0.1) is 6.58 Å². The molecule has 2 N–H and O–H groups in total. The first-order chi connectivity index (χ1) is 9.09. The number of amides is 4. The van der Waals surface area contributed by atoms with Crippen LogP contribution in [-0.4, -0.2) is 41.4 Å². The van der Waals surface area contributed by atoms with Crippen molar-refractivity contribution in [1.29, 1.82) is 0 Å². The maximum atomic E-state index is 12.3. The van der Waals surface area contributed by atoms with Crippen LogP contribution >= 0.6 is 0 Å². The smallest absolute Gasteiger partial charge is 0.325 e. The molecule has 0 aromatic carbocycles. The first-order valence-electron chi connectivity index (χ1n) is 6.61. The molecule has 2 aliphatic rings. The van der Waals surface area contributed by atoms with Crippen molar-refractivity contribution in [2.75, 3.05) is 13.1 Å². The van der Waals surface area contributed by atoms with Gasteiger partial charge < -0.3 is 10.6 Å². The molecule has 104 valence electrons. The molecule has 4 amide bonds. The first kappa shape index (κ1) is 13.6. The van der Waals surface area contributed by atoms with Gasteiger partial charge in [0.05, 0.1) is 0 Å². The van der Waals surface area contributed by atoms with Crippen molar-refractivity contribution < 1.29 is 14.4 Å². The van der Waals surface area contributed by atoms with Gasteiger partial charge in [0.15, 0.2) is 0 Å². The summed E-state index contributed by atoms with van der Waals surface area (Å²) in [6, 6.07) is -0.372. The van der Waals surface area contributed by atoms with Crippen LogP contribution in [0.4, 0.5) is 4.79 Å². The quantitative estimate of drug-likeness (QED) is 0.562. The Balaban J connectivity index is 1.90. The van der Waals surface area contributed by atoms with Gasteiger partial charge in [-0.25, -0.2) is 4.79 Å². The average molecular weight is 265 g/mol. The Morgan fingerprint density at radius 3 is 2.74 bits per heavy atom. The highest BCUT2D eigenvalue weighted by molar-refractivity contribution is 6.07. The molecular weight excluding hydrogens is 246 g/mol. The molecule has 0 aromatic rings. The number of imide groups is 1. The van der Waals surface area contributed by atoms with E-state index in [9.17, 15) is 14.4 Å². The maximum Gasteiger partial charge on any atom is 0.325 e. The molecule has 0 aromatic heterocycles. The molecule has 6 heteroatoms. The highest BCUT2D eigenvalue weighted by Gasteiger charge is 2.52. The molecule has 0 radical (unpaired) electrons. The Hall–Kier alpha value is -1.85. The van der Waals surface area contributed by atoms with Crippen LogP contribution < -0.4 is 10.6 Å². The predicted molar refractivity (Wildman–Crippen MR) is 69.3 cm³/mol. The van der Waals surface area contributed by atoms with Crippen molar-refractivity contribution in [3.8, 4) is 0 Å². The van der Waals surface area contributed by atoms with Crippen LogP contribution in [0, 0.1) is 0 Å². The minimum absolute atomic E-state index is 0.128. The van der Waals surface area contributed by atoms with E-state index in [1.54, 1.807) is 6.08 Å². The van der Waals surface area contributed by atoms with Gasteiger partial charge in [-0.3, -0.25) is 14.5 Å². The molecule has 2 fully saturated rings. The molecule has 1 spiro atoms. The van der Waals surface area contributed by atoms with Crippen molar-refractivity contribution in [3.63, 3.8) is 0 Å². The van der Waals surface area contributed by atoms with Crippen molar-refractivity contribution >= 4 is 17.8 Å². The van der Waals surface area contributed by atoms with Crippen LogP contribution in [0.15, 0.2) is 12.7 Å². The standard InChI is InChI=1S/C13H19N3O3/c1-2-8-14-10(17)5-9-16-11(18)13(15-12(16)19)6-3-4-7-13/h2H,1,3-9H2,(H,14,17)(H,15,19). The maximum absolute atomic E-state index is 12.3. The normalized spacial score (nSPS) is 20.7. The number of carbonyl (C=O) groups excluding carboxylic acids is 3. The summed E-state index contributed by atoms with van der Waals surface area (Å²) >= 11 is 0. The highest BCUT2D eigenvalue weighted by atomic mass is 16.2. The van der Waals surface area contributed by atoms with Gasteiger partial charge in [-0.05, 0) is 12.8 Å². The third-order valence-corrected chi connectivity index (χ3v) is 3.71. The second-order valence-corrected chi connectivity index (χ2v) is 5.02. The summed E-state index contributed by atoms with van der Waals surface area (Å²) in [5, 5.41) is 5.41. The van der Waals surface area contributed by atoms with Gasteiger partial charge in [0, 0.05) is 19.5 Å². The van der Waals surface area contributed by atoms with E-state index in [0.29, 0.717) is 19.4 Å². The minimum atomic E-state index is -0.686. The lowest BCUT2D eigenvalue weighted by Crippen LogP contribution is -2.44. The summed E-state index contributed by atoms with van der Waals surface area (Å²) in [6.07, 6.45) is 5.04. The van der Waals surface area contributed by atoms with E-state index in [2.05, 4.69) is 17.2 Å². The van der Waals surface area contributed by atoms with Gasteiger partial charge in [-0.1, -0.05) is 18.9 Å². The fraction of sp³-hybridized carbons (Fsp3) is 0.615. The second-order valence-electron chi connectivity index (χ2n) is 5.02. The van der Waals surface area contributed by atoms with Crippen LogP contribution in [0.3, 0.4) is 0 Å². The van der Waals surface area contributed by atoms with E-state index in [1.165, 1.54) is 4.90 Å². The Labute approximate surface area is 112 Å². The lowest BCUT2D eigenvalue weighted by Gasteiger charge is -2.19. The fourth-order valence-electron chi connectivity index (χ4n) is 2.68. The van der Waals surface area contributed by atoms with Gasteiger partial charge >= 0.3 is 6.03 Å². The molecule has 1 saturated heterocycles. The van der Waals surface area contributed by atoms with Gasteiger partial charge in [0.25, 0.3) is 5.91 Å². The number of hydrogen-bond acceptors (Lipinski definition) is 3. The molecule has 2 rings (SSSR count). The topological polar surface area (TPSA) is 78.5 Å². The molecule has 19 heavy (non-hydrogen) atoms. The molecule has 1 aliphatic heterocycles. The lowest BCUT2D eigenvalue weighted by molar-refractivity contribution is -0.131. The third kappa shape index (κ3) is 2.62. The molecule has 0 atom stereocenters. The van der Waals surface area contributed by atoms with Crippen LogP contribution in [0.1, 0.15) is 32.1 Å². The van der Waals surface area contributed by atoms with Crippen molar-refractivity contribution in [1.82, 2.24) is 15.5 Å². The van der Waals surface area contributed by atoms with E-state index < -0.39 is 5.54 Å². The summed E-state index contributed by atoms with van der Waals surface area (Å²) in [5.74, 6) is -0.362. The average Bonchev–Trinajstić information content (AvgIpc) is 2.93. The van der Waals surface area contributed by atoms with E-state index in [1.807, 2.05) is 0 Å². The monoisotopic (exact) mass is 265 g/mol. The number of hydrogen-bond donors (Lipinski definition) is 2. The van der Waals surface area contributed by atoms with Crippen molar-refractivity contribution in [2.24, 2.45) is 0 Å². The molecule has 0 unspecified atom stereocenters. The minimum Gasteiger partial charge on any atom is -0.353 e. The summed E-state index contributed by atoms with van der Waals surface area (Å²) in [7, 11) is 0. The SMILES string of the molecule is C=CCNC(=O)CCN1C(=O)NC2(CCCC2)C1=O. The van der Waals surface area contributed by atoms with Crippen LogP contribution in [0.25, 0.3) is 0 Å². The van der Waals surface area contributed by atoms with Crippen LogP contribution in [-0.2, 0) is 9.59 Å². The molecule has 1 aliphatic carbocycles. The number of nitrogens with zero attached hydrogens (tertiary/aromatic N) is 1. The zero-order valence-electron chi connectivity index (χ0n) is 10.9. The van der Waals surface area contributed by atoms with Crippen LogP contribution in [0.2, 0.25) is 0 Å². The van der Waals surface area contributed by atoms with E-state index >= 15 is 0 Å². The first-order valence-corrected chi connectivity index (χ1v) is 6.61. The predicted octanol–water partition coefficient (Wildman–Crippen LogP) is 0.543. The Bertz CT molecular complexity index is 413. The number of urea groups is 1. The van der Waals surface area contributed by atoms with Crippen molar-refractivity contribution in [2.45, 2.75) is 37.6 Å². The molecule has 0 bridgehead atoms. The zero-order valence-corrected chi connectivity index (χ0v) is 10.9. The zero-order chi connectivity index (χ0) is 13.9. The summed E-state index contributed by atoms with van der Waals surface area (Å²) in [6.45, 7) is 4.03. The Morgan fingerprint density at radius 1 is 1.42 bits per heavy atom. The molecular formula is C13H19N3O3. The molecule has 1 heterocycles. The Kier molecular flexibility index (Phi) is 3.87. The van der Waals surface area contributed by atoms with Gasteiger partial charge in [0.2, 0.25) is 5.91 Å². The van der Waals surface area contributed by atoms with Crippen molar-refractivity contribution in [3.05, 3.63) is 12.7 Å². The fourth-order valence-corrected chi connectivity index (χ4v) is 2.68. The third-order valence-electron chi connectivity index (χ3n) is 3.71. The number of rotatable bonds is 5. The lowest BCUT2D eigenvalue weighted by atomic mass is 9.98. The van der Waals surface area contributed by atoms with E-state index in [4.69, 9.17) is 0 Å². The highest BCUT2D eigenvalue weighted by Crippen LogP contribution is 2.34. The van der Waals surface area contributed by atoms with Gasteiger partial charge in [-0.2, -0.15) is 0 Å². The number of carbonyl (C=O) groups is 3. The van der Waals surface area contributed by atoms with Crippen LogP contribution in [0.5, 0.6) is 0 Å². The van der Waals surface area contributed by atoms with E-state index in [-0.39, 0.29) is 30.8 Å². The molecule has 6 nitrogen and oxygen atoms in total. The summed E-state index contributed by atoms with van der Waals surface area (Å²) in [4.78, 5) is 36.7. The second kappa shape index (κ2) is 5.42. The summed E-state index contributed by atoms with van der Waals surface area (Å²) < 4.78 is 0. The van der Waals surface area contributed by atoms with E-state index in [0.717, 1.165) is 12.8 Å². The Morgan fingerprint density at radius 2 is 2.11 bits per heavy atom.